The highest BCUT2D eigenvalue weighted by Crippen LogP contribution is 2.30. The maximum absolute atomic E-state index is 12.9. The van der Waals surface area contributed by atoms with Crippen molar-refractivity contribution < 1.29 is 4.79 Å². The van der Waals surface area contributed by atoms with Gasteiger partial charge in [-0.1, -0.05) is 46.9 Å². The third-order valence-corrected chi connectivity index (χ3v) is 7.07. The van der Waals surface area contributed by atoms with Crippen LogP contribution in [0.1, 0.15) is 84.8 Å². The summed E-state index contributed by atoms with van der Waals surface area (Å²) in [7, 11) is 2.19. The Balaban J connectivity index is 1.66. The van der Waals surface area contributed by atoms with Crippen LogP contribution in [0, 0.1) is 11.3 Å². The number of rotatable bonds is 10. The Morgan fingerprint density at radius 2 is 2.00 bits per heavy atom. The van der Waals surface area contributed by atoms with Gasteiger partial charge in [-0.25, -0.2) is 4.98 Å². The Hall–Kier alpha value is -2.05. The number of hydrogen-bond donors (Lipinski definition) is 2. The average Bonchev–Trinajstić information content (AvgIpc) is 3.38. The first-order valence-corrected chi connectivity index (χ1v) is 12.2. The van der Waals surface area contributed by atoms with E-state index in [1.807, 2.05) is 10.6 Å². The summed E-state index contributed by atoms with van der Waals surface area (Å²) in [5.74, 6) is 2.22. The number of anilines is 1. The van der Waals surface area contributed by atoms with E-state index in [1.54, 1.807) is 6.20 Å². The minimum atomic E-state index is -0.322. The number of carbonyl (C=O) groups is 1. The van der Waals surface area contributed by atoms with Crippen molar-refractivity contribution in [3.63, 3.8) is 0 Å². The van der Waals surface area contributed by atoms with E-state index in [4.69, 9.17) is 4.98 Å². The van der Waals surface area contributed by atoms with Crippen LogP contribution in [0.3, 0.4) is 0 Å². The summed E-state index contributed by atoms with van der Waals surface area (Å²) in [5, 5.41) is 11.5. The van der Waals surface area contributed by atoms with Crippen LogP contribution in [0.25, 0.3) is 5.65 Å². The molecule has 1 aliphatic rings. The van der Waals surface area contributed by atoms with E-state index in [2.05, 4.69) is 64.3 Å². The number of hydrogen-bond acceptors (Lipinski definition) is 4. The normalized spacial score (nSPS) is 20.3. The van der Waals surface area contributed by atoms with Crippen molar-refractivity contribution in [1.29, 1.82) is 0 Å². The van der Waals surface area contributed by atoms with Gasteiger partial charge in [-0.15, -0.1) is 0 Å². The van der Waals surface area contributed by atoms with Gasteiger partial charge in [-0.05, 0) is 38.5 Å². The molecule has 7 heteroatoms. The summed E-state index contributed by atoms with van der Waals surface area (Å²) < 4.78 is 1.90. The zero-order valence-corrected chi connectivity index (χ0v) is 20.2. The summed E-state index contributed by atoms with van der Waals surface area (Å²) >= 11 is 0. The van der Waals surface area contributed by atoms with Crippen molar-refractivity contribution in [3.05, 3.63) is 24.0 Å². The molecular weight excluding hydrogens is 385 g/mol. The number of nitrogens with one attached hydrogen (secondary N) is 2. The van der Waals surface area contributed by atoms with E-state index in [0.29, 0.717) is 17.9 Å². The molecule has 2 N–H and O–H groups in total. The first kappa shape index (κ1) is 23.6. The second-order valence-electron chi connectivity index (χ2n) is 10.1. The highest BCUT2D eigenvalue weighted by molar-refractivity contribution is 6.08. The molecule has 1 fully saturated rings. The zero-order valence-electron chi connectivity index (χ0n) is 20.2. The van der Waals surface area contributed by atoms with Crippen molar-refractivity contribution in [1.82, 2.24) is 19.9 Å². The maximum Gasteiger partial charge on any atom is 0.225 e. The molecule has 1 unspecified atom stereocenters. The lowest BCUT2D eigenvalue weighted by Crippen LogP contribution is -2.43. The number of carbonyl (C=O) groups excluding carboxylic acids is 1. The van der Waals surface area contributed by atoms with Crippen molar-refractivity contribution >= 4 is 25.2 Å². The molecule has 170 valence electrons. The molecule has 1 aliphatic carbocycles. The fourth-order valence-electron chi connectivity index (χ4n) is 4.89. The lowest BCUT2D eigenvalue weighted by Gasteiger charge is -2.28. The van der Waals surface area contributed by atoms with Gasteiger partial charge in [0, 0.05) is 41.2 Å². The lowest BCUT2D eigenvalue weighted by molar-refractivity contribution is -0.130. The quantitative estimate of drug-likeness (QED) is 0.560. The number of aromatic nitrogens is 3. The smallest absolute Gasteiger partial charge is 0.225 e. The summed E-state index contributed by atoms with van der Waals surface area (Å²) in [6, 6.07) is 4.69. The van der Waals surface area contributed by atoms with Gasteiger partial charge < -0.3 is 10.6 Å². The second kappa shape index (κ2) is 10.1. The van der Waals surface area contributed by atoms with Crippen molar-refractivity contribution in [3.8, 4) is 0 Å². The topological polar surface area (TPSA) is 71.3 Å². The van der Waals surface area contributed by atoms with Crippen LogP contribution in [-0.4, -0.2) is 40.4 Å². The van der Waals surface area contributed by atoms with Gasteiger partial charge in [0.1, 0.15) is 13.7 Å². The molecule has 2 aromatic heterocycles. The van der Waals surface area contributed by atoms with E-state index < -0.39 is 0 Å². The number of fused-ring (bicyclic) bond motifs is 1. The lowest BCUT2D eigenvalue weighted by atomic mass is 9.78. The first-order chi connectivity index (χ1) is 14.8. The van der Waals surface area contributed by atoms with Crippen LogP contribution in [0.15, 0.2) is 18.3 Å². The van der Waals surface area contributed by atoms with Crippen molar-refractivity contribution in [2.75, 3.05) is 5.32 Å². The molecule has 1 amide bonds. The SMILES string of the molecule is BCC(C)CC(C)(C)C(=O)N[C@H]1CC[C@H](Nc2cc(C(CC)CC)nc3ccnn23)C1. The van der Waals surface area contributed by atoms with Crippen LogP contribution >= 0.6 is 0 Å². The van der Waals surface area contributed by atoms with E-state index in [1.165, 1.54) is 0 Å². The Bertz CT molecular complexity index is 876. The Kier molecular flexibility index (Phi) is 7.66. The minimum Gasteiger partial charge on any atom is -0.367 e. The molecule has 0 aliphatic heterocycles. The number of nitrogens with zero attached hydrogens (tertiary/aromatic N) is 3. The molecule has 6 nitrogen and oxygen atoms in total. The van der Waals surface area contributed by atoms with Gasteiger partial charge >= 0.3 is 0 Å². The predicted octanol–water partition coefficient (Wildman–Crippen LogP) is 4.19. The summed E-state index contributed by atoms with van der Waals surface area (Å²) in [5.41, 5.74) is 1.70. The molecule has 3 rings (SSSR count). The minimum absolute atomic E-state index is 0.188. The summed E-state index contributed by atoms with van der Waals surface area (Å²) in [6.45, 7) is 10.8. The Labute approximate surface area is 188 Å². The molecular formula is C24H40BN5O. The third kappa shape index (κ3) is 5.61. The molecule has 0 aromatic carbocycles. The van der Waals surface area contributed by atoms with E-state index >= 15 is 0 Å². The van der Waals surface area contributed by atoms with Crippen molar-refractivity contribution in [2.24, 2.45) is 11.3 Å². The molecule has 2 aromatic rings. The fraction of sp³-hybridized carbons (Fsp3) is 0.708. The predicted molar refractivity (Wildman–Crippen MR) is 130 cm³/mol. The van der Waals surface area contributed by atoms with E-state index in [-0.39, 0.29) is 17.4 Å². The largest absolute Gasteiger partial charge is 0.367 e. The molecule has 2 heterocycles. The molecule has 0 spiro atoms. The Morgan fingerprint density at radius 3 is 2.68 bits per heavy atom. The average molecular weight is 425 g/mol. The molecule has 0 saturated heterocycles. The van der Waals surface area contributed by atoms with Gasteiger partial charge in [0.25, 0.3) is 0 Å². The van der Waals surface area contributed by atoms with Crippen LogP contribution in [0.2, 0.25) is 6.32 Å². The standard InChI is InChI=1S/C24H40BN5O/c1-6-17(7-2)20-13-22(30-21(29-20)10-11-26-30)27-18-8-9-19(12-18)28-23(31)24(4,5)14-16(3)15-25/h10-11,13,16-19,27H,6-9,12,14-15,25H2,1-5H3,(H,28,31)/t16?,18-,19-/m0/s1. The first-order valence-electron chi connectivity index (χ1n) is 12.2. The summed E-state index contributed by atoms with van der Waals surface area (Å²) in [4.78, 5) is 17.7. The van der Waals surface area contributed by atoms with Crippen LogP contribution in [0.5, 0.6) is 0 Å². The van der Waals surface area contributed by atoms with Gasteiger partial charge in [0.05, 0.1) is 6.20 Å². The third-order valence-electron chi connectivity index (χ3n) is 7.07. The highest BCUT2D eigenvalue weighted by atomic mass is 16.2. The van der Waals surface area contributed by atoms with Gasteiger partial charge in [-0.2, -0.15) is 9.61 Å². The molecule has 0 bridgehead atoms. The van der Waals surface area contributed by atoms with Gasteiger partial charge in [0.15, 0.2) is 5.65 Å². The molecule has 0 radical (unpaired) electrons. The van der Waals surface area contributed by atoms with Gasteiger partial charge in [0.2, 0.25) is 5.91 Å². The van der Waals surface area contributed by atoms with Crippen molar-refractivity contribution in [2.45, 2.75) is 97.5 Å². The van der Waals surface area contributed by atoms with Crippen LogP contribution in [-0.2, 0) is 4.79 Å². The summed E-state index contributed by atoms with van der Waals surface area (Å²) in [6.07, 6.45) is 9.00. The van der Waals surface area contributed by atoms with E-state index in [0.717, 1.165) is 62.0 Å². The molecule has 1 saturated carbocycles. The van der Waals surface area contributed by atoms with Gasteiger partial charge in [-0.3, -0.25) is 4.79 Å². The number of amides is 1. The van der Waals surface area contributed by atoms with Crippen LogP contribution < -0.4 is 10.6 Å². The zero-order chi connectivity index (χ0) is 22.6. The second-order valence-corrected chi connectivity index (χ2v) is 10.1. The van der Waals surface area contributed by atoms with Crippen LogP contribution in [0.4, 0.5) is 5.82 Å². The monoisotopic (exact) mass is 425 g/mol. The maximum atomic E-state index is 12.9. The molecule has 3 atom stereocenters. The highest BCUT2D eigenvalue weighted by Gasteiger charge is 2.33. The Morgan fingerprint density at radius 1 is 1.29 bits per heavy atom. The van der Waals surface area contributed by atoms with E-state index in [9.17, 15) is 4.79 Å². The molecule has 31 heavy (non-hydrogen) atoms. The fourth-order valence-corrected chi connectivity index (χ4v) is 4.89.